The Bertz CT molecular complexity index is 828. The summed E-state index contributed by atoms with van der Waals surface area (Å²) in [6.07, 6.45) is 0. The van der Waals surface area contributed by atoms with Gasteiger partial charge < -0.3 is 10.2 Å². The number of benzene rings is 2. The third-order valence-electron chi connectivity index (χ3n) is 2.84. The molecule has 1 aromatic heterocycles. The number of hydrogen-bond acceptors (Lipinski definition) is 4. The fourth-order valence-corrected chi connectivity index (χ4v) is 3.19. The van der Waals surface area contributed by atoms with Gasteiger partial charge in [0, 0.05) is 11.6 Å². The Morgan fingerprint density at radius 3 is 2.70 bits per heavy atom. The molecule has 2 aromatic carbocycles. The minimum absolute atomic E-state index is 0.159. The average molecular weight is 306 g/mol. The summed E-state index contributed by atoms with van der Waals surface area (Å²) in [4.78, 5) is 15.4. The molecule has 0 fully saturated rings. The van der Waals surface area contributed by atoms with Crippen LogP contribution in [-0.2, 0) is 0 Å². The lowest BCUT2D eigenvalue weighted by molar-refractivity contribution is 0.0694. The van der Waals surface area contributed by atoms with Gasteiger partial charge in [-0.1, -0.05) is 29.8 Å². The minimum Gasteiger partial charge on any atom is -0.507 e. The van der Waals surface area contributed by atoms with E-state index in [9.17, 15) is 9.90 Å². The van der Waals surface area contributed by atoms with Gasteiger partial charge in [-0.2, -0.15) is 0 Å². The van der Waals surface area contributed by atoms with Crippen LogP contribution in [0.5, 0.6) is 5.75 Å². The van der Waals surface area contributed by atoms with Gasteiger partial charge in [0.05, 0.1) is 15.2 Å². The molecule has 0 aliphatic carbocycles. The number of carboxylic acids is 1. The number of aromatic hydroxyl groups is 1. The summed E-state index contributed by atoms with van der Waals surface area (Å²) < 4.78 is 0.711. The van der Waals surface area contributed by atoms with E-state index >= 15 is 0 Å². The zero-order valence-electron chi connectivity index (χ0n) is 10.0. The number of hydrogen-bond donors (Lipinski definition) is 2. The summed E-state index contributed by atoms with van der Waals surface area (Å²) in [7, 11) is 0. The molecule has 0 saturated carbocycles. The molecule has 2 N–H and O–H groups in total. The van der Waals surface area contributed by atoms with Gasteiger partial charge in [0.1, 0.15) is 16.3 Å². The van der Waals surface area contributed by atoms with Crippen LogP contribution in [-0.4, -0.2) is 21.2 Å². The molecule has 0 spiro atoms. The molecule has 3 rings (SSSR count). The summed E-state index contributed by atoms with van der Waals surface area (Å²) in [6.45, 7) is 0. The van der Waals surface area contributed by atoms with Crippen LogP contribution in [0.3, 0.4) is 0 Å². The zero-order chi connectivity index (χ0) is 14.3. The fourth-order valence-electron chi connectivity index (χ4n) is 1.88. The van der Waals surface area contributed by atoms with Gasteiger partial charge in [0.2, 0.25) is 0 Å². The molecule has 0 saturated heterocycles. The van der Waals surface area contributed by atoms with Gasteiger partial charge in [-0.15, -0.1) is 11.3 Å². The highest BCUT2D eigenvalue weighted by Gasteiger charge is 2.15. The van der Waals surface area contributed by atoms with E-state index < -0.39 is 5.97 Å². The number of aromatic carboxylic acids is 1. The van der Waals surface area contributed by atoms with Crippen LogP contribution in [0.1, 0.15) is 10.4 Å². The van der Waals surface area contributed by atoms with Crippen LogP contribution in [0, 0.1) is 0 Å². The van der Waals surface area contributed by atoms with Crippen molar-refractivity contribution in [3.05, 3.63) is 47.0 Å². The molecular weight excluding hydrogens is 298 g/mol. The Labute approximate surface area is 122 Å². The van der Waals surface area contributed by atoms with Crippen molar-refractivity contribution < 1.29 is 15.0 Å². The third kappa shape index (κ3) is 2.11. The molecule has 1 heterocycles. The average Bonchev–Trinajstić information content (AvgIpc) is 2.80. The van der Waals surface area contributed by atoms with E-state index in [1.807, 2.05) is 18.2 Å². The molecule has 0 aliphatic heterocycles. The molecule has 0 radical (unpaired) electrons. The van der Waals surface area contributed by atoms with E-state index in [0.29, 0.717) is 20.2 Å². The van der Waals surface area contributed by atoms with Crippen LogP contribution in [0.4, 0.5) is 0 Å². The topological polar surface area (TPSA) is 70.4 Å². The first-order valence-corrected chi connectivity index (χ1v) is 6.87. The summed E-state index contributed by atoms with van der Waals surface area (Å²) in [5.41, 5.74) is 1.15. The highest BCUT2D eigenvalue weighted by molar-refractivity contribution is 7.21. The maximum absolute atomic E-state index is 11.0. The Hall–Kier alpha value is -2.11. The van der Waals surface area contributed by atoms with Crippen LogP contribution < -0.4 is 0 Å². The lowest BCUT2D eigenvalue weighted by atomic mass is 10.2. The van der Waals surface area contributed by atoms with Crippen molar-refractivity contribution in [2.24, 2.45) is 0 Å². The third-order valence-corrected chi connectivity index (χ3v) is 4.22. The monoisotopic (exact) mass is 305 g/mol. The summed E-state index contributed by atoms with van der Waals surface area (Å²) in [5, 5.41) is 19.9. The summed E-state index contributed by atoms with van der Waals surface area (Å²) in [5.74, 6) is -1.45. The lowest BCUT2D eigenvalue weighted by Crippen LogP contribution is -1.96. The second-order valence-electron chi connectivity index (χ2n) is 4.14. The lowest BCUT2D eigenvalue weighted by Gasteiger charge is -1.97. The fraction of sp³-hybridized carbons (Fsp3) is 0. The molecule has 0 atom stereocenters. The predicted molar refractivity (Wildman–Crippen MR) is 78.7 cm³/mol. The second-order valence-corrected chi connectivity index (χ2v) is 5.58. The van der Waals surface area contributed by atoms with Gasteiger partial charge in [0.15, 0.2) is 0 Å². The molecule has 4 nitrogen and oxygen atoms in total. The van der Waals surface area contributed by atoms with E-state index in [0.717, 1.165) is 5.56 Å². The Kier molecular flexibility index (Phi) is 3.08. The quantitative estimate of drug-likeness (QED) is 0.750. The van der Waals surface area contributed by atoms with Crippen LogP contribution in [0.25, 0.3) is 20.8 Å². The number of rotatable bonds is 2. The maximum atomic E-state index is 11.0. The van der Waals surface area contributed by atoms with Gasteiger partial charge in [-0.05, 0) is 12.1 Å². The van der Waals surface area contributed by atoms with E-state index in [1.54, 1.807) is 6.07 Å². The predicted octanol–water partition coefficient (Wildman–Crippen LogP) is 4.02. The molecule has 100 valence electrons. The van der Waals surface area contributed by atoms with Crippen LogP contribution >= 0.6 is 22.9 Å². The van der Waals surface area contributed by atoms with Crippen molar-refractivity contribution in [3.63, 3.8) is 0 Å². The van der Waals surface area contributed by atoms with E-state index in [1.165, 1.54) is 23.5 Å². The number of thiazole rings is 1. The molecular formula is C14H8ClNO3S. The van der Waals surface area contributed by atoms with Gasteiger partial charge in [0.25, 0.3) is 0 Å². The van der Waals surface area contributed by atoms with Gasteiger partial charge in [-0.25, -0.2) is 9.78 Å². The van der Waals surface area contributed by atoms with E-state index in [4.69, 9.17) is 16.7 Å². The smallest absolute Gasteiger partial charge is 0.339 e. The molecule has 0 aliphatic rings. The first kappa shape index (κ1) is 12.9. The van der Waals surface area contributed by atoms with Crippen molar-refractivity contribution in [3.8, 4) is 16.3 Å². The van der Waals surface area contributed by atoms with Gasteiger partial charge in [-0.3, -0.25) is 0 Å². The molecule has 0 bridgehead atoms. The van der Waals surface area contributed by atoms with Crippen molar-refractivity contribution in [2.75, 3.05) is 0 Å². The number of phenols is 1. The highest BCUT2D eigenvalue weighted by Crippen LogP contribution is 2.36. The standard InChI is InChI=1S/C14H8ClNO3S/c15-9-4-2-1-3-7(9)13-16-10-5-8(14(18)19)11(17)6-12(10)20-13/h1-6,17H,(H,18,19). The Morgan fingerprint density at radius 2 is 2.00 bits per heavy atom. The molecule has 6 heteroatoms. The molecule has 20 heavy (non-hydrogen) atoms. The normalized spacial score (nSPS) is 10.8. The van der Waals surface area contributed by atoms with Crippen molar-refractivity contribution in [2.45, 2.75) is 0 Å². The Morgan fingerprint density at radius 1 is 1.25 bits per heavy atom. The summed E-state index contributed by atoms with van der Waals surface area (Å²) in [6, 6.07) is 10.1. The SMILES string of the molecule is O=C(O)c1cc2nc(-c3ccccc3Cl)sc2cc1O. The molecule has 0 amide bonds. The van der Waals surface area contributed by atoms with E-state index in [-0.39, 0.29) is 11.3 Å². The Balaban J connectivity index is 2.21. The minimum atomic E-state index is -1.18. The van der Waals surface area contributed by atoms with Gasteiger partial charge >= 0.3 is 5.97 Å². The number of fused-ring (bicyclic) bond motifs is 1. The van der Waals surface area contributed by atoms with E-state index in [2.05, 4.69) is 4.98 Å². The van der Waals surface area contributed by atoms with Crippen molar-refractivity contribution in [1.82, 2.24) is 4.98 Å². The van der Waals surface area contributed by atoms with Crippen molar-refractivity contribution >= 4 is 39.1 Å². The second kappa shape index (κ2) is 4.77. The molecule has 3 aromatic rings. The number of carboxylic acid groups (broad SMARTS) is 1. The number of nitrogens with zero attached hydrogens (tertiary/aromatic N) is 1. The maximum Gasteiger partial charge on any atom is 0.339 e. The zero-order valence-corrected chi connectivity index (χ0v) is 11.6. The van der Waals surface area contributed by atoms with Crippen LogP contribution in [0.2, 0.25) is 5.02 Å². The number of aromatic nitrogens is 1. The first-order chi connectivity index (χ1) is 9.56. The highest BCUT2D eigenvalue weighted by atomic mass is 35.5. The number of carbonyl (C=O) groups is 1. The molecule has 0 unspecified atom stereocenters. The van der Waals surface area contributed by atoms with Crippen molar-refractivity contribution in [1.29, 1.82) is 0 Å². The largest absolute Gasteiger partial charge is 0.507 e. The van der Waals surface area contributed by atoms with Crippen LogP contribution in [0.15, 0.2) is 36.4 Å². The summed E-state index contributed by atoms with van der Waals surface area (Å²) >= 11 is 7.47. The number of halogens is 1. The first-order valence-electron chi connectivity index (χ1n) is 5.68.